The number of amides is 1. The Balaban J connectivity index is 1.73. The molecule has 1 saturated heterocycles. The van der Waals surface area contributed by atoms with Gasteiger partial charge in [-0.05, 0) is 45.6 Å². The smallest absolute Gasteiger partial charge is 0.265 e. The molecule has 0 aliphatic carbocycles. The number of hydrogen-bond donors (Lipinski definition) is 0. The molecule has 1 aromatic heterocycles. The van der Waals surface area contributed by atoms with Crippen LogP contribution < -0.4 is 0 Å². The quantitative estimate of drug-likeness (QED) is 0.749. The summed E-state index contributed by atoms with van der Waals surface area (Å²) in [6, 6.07) is 10.2. The molecule has 1 atom stereocenters. The predicted octanol–water partition coefficient (Wildman–Crippen LogP) is 3.11. The first-order chi connectivity index (χ1) is 12.5. The van der Waals surface area contributed by atoms with Gasteiger partial charge < -0.3 is 9.80 Å². The lowest BCUT2D eigenvalue weighted by Gasteiger charge is -2.30. The van der Waals surface area contributed by atoms with Gasteiger partial charge in [0.1, 0.15) is 9.88 Å². The van der Waals surface area contributed by atoms with E-state index in [1.165, 1.54) is 24.2 Å². The molecular weight excluding hydrogens is 344 g/mol. The van der Waals surface area contributed by atoms with Crippen LogP contribution in [0.4, 0.5) is 0 Å². The number of rotatable bonds is 7. The highest BCUT2D eigenvalue weighted by Gasteiger charge is 2.25. The molecule has 2 aromatic rings. The molecule has 1 aliphatic rings. The van der Waals surface area contributed by atoms with Crippen LogP contribution in [0.3, 0.4) is 0 Å². The Morgan fingerprint density at radius 1 is 1.19 bits per heavy atom. The van der Waals surface area contributed by atoms with Crippen LogP contribution in [-0.2, 0) is 6.54 Å². The van der Waals surface area contributed by atoms with Crippen LogP contribution in [0.15, 0.2) is 36.5 Å². The fourth-order valence-corrected chi connectivity index (χ4v) is 4.35. The molecule has 1 amide bonds. The molecule has 6 heteroatoms. The van der Waals surface area contributed by atoms with E-state index in [0.29, 0.717) is 0 Å². The van der Waals surface area contributed by atoms with E-state index in [2.05, 4.69) is 26.9 Å². The standard InChI is InChI=1S/C20H28N4OS/c1-22(2)14-17(16-9-5-4-6-10-16)23(3)20(25)18-13-21-19(26-18)15-24-11-7-8-12-24/h4-6,9-10,13,17H,7-8,11-12,14-15H2,1-3H3/t17-/m1/s1. The topological polar surface area (TPSA) is 39.7 Å². The van der Waals surface area contributed by atoms with Crippen molar-refractivity contribution in [2.24, 2.45) is 0 Å². The summed E-state index contributed by atoms with van der Waals surface area (Å²) in [5, 5.41) is 1.03. The molecule has 5 nitrogen and oxygen atoms in total. The number of thiazole rings is 1. The zero-order valence-corrected chi connectivity index (χ0v) is 16.7. The van der Waals surface area contributed by atoms with Gasteiger partial charge in [-0.1, -0.05) is 30.3 Å². The third-order valence-electron chi connectivity index (χ3n) is 4.83. The highest BCUT2D eigenvalue weighted by Crippen LogP contribution is 2.25. The normalized spacial score (nSPS) is 16.2. The van der Waals surface area contributed by atoms with Crippen LogP contribution in [0.5, 0.6) is 0 Å². The minimum absolute atomic E-state index is 0.0165. The van der Waals surface area contributed by atoms with Crippen molar-refractivity contribution in [2.45, 2.75) is 25.4 Å². The molecule has 0 unspecified atom stereocenters. The van der Waals surface area contributed by atoms with Crippen molar-refractivity contribution >= 4 is 17.2 Å². The molecule has 140 valence electrons. The van der Waals surface area contributed by atoms with Gasteiger partial charge in [0.15, 0.2) is 0 Å². The van der Waals surface area contributed by atoms with Gasteiger partial charge in [-0.2, -0.15) is 0 Å². The lowest BCUT2D eigenvalue weighted by Crippen LogP contribution is -2.36. The highest BCUT2D eigenvalue weighted by molar-refractivity contribution is 7.13. The first-order valence-corrected chi connectivity index (χ1v) is 10.00. The van der Waals surface area contributed by atoms with Crippen molar-refractivity contribution in [3.8, 4) is 0 Å². The summed E-state index contributed by atoms with van der Waals surface area (Å²) in [5.74, 6) is 0.0471. The van der Waals surface area contributed by atoms with Crippen molar-refractivity contribution in [3.63, 3.8) is 0 Å². The van der Waals surface area contributed by atoms with E-state index in [1.807, 2.05) is 44.2 Å². The third-order valence-corrected chi connectivity index (χ3v) is 5.80. The van der Waals surface area contributed by atoms with E-state index >= 15 is 0 Å². The van der Waals surface area contributed by atoms with Gasteiger partial charge in [0, 0.05) is 13.6 Å². The Kier molecular flexibility index (Phi) is 6.40. The fourth-order valence-electron chi connectivity index (χ4n) is 3.40. The lowest BCUT2D eigenvalue weighted by atomic mass is 10.1. The second-order valence-electron chi connectivity index (χ2n) is 7.21. The zero-order chi connectivity index (χ0) is 18.5. The van der Waals surface area contributed by atoms with Gasteiger partial charge in [0.25, 0.3) is 5.91 Å². The highest BCUT2D eigenvalue weighted by atomic mass is 32.1. The summed E-state index contributed by atoms with van der Waals surface area (Å²) in [6.07, 6.45) is 4.28. The average Bonchev–Trinajstić information content (AvgIpc) is 3.31. The first-order valence-electron chi connectivity index (χ1n) is 9.18. The molecule has 0 saturated carbocycles. The van der Waals surface area contributed by atoms with Crippen molar-refractivity contribution < 1.29 is 4.79 Å². The van der Waals surface area contributed by atoms with Crippen LogP contribution in [0.25, 0.3) is 0 Å². The molecule has 3 rings (SSSR count). The summed E-state index contributed by atoms with van der Waals surface area (Å²) < 4.78 is 0. The van der Waals surface area contributed by atoms with Crippen LogP contribution in [-0.4, -0.2) is 66.4 Å². The van der Waals surface area contributed by atoms with E-state index in [9.17, 15) is 4.79 Å². The summed E-state index contributed by atoms with van der Waals surface area (Å²) in [5.41, 5.74) is 1.15. The number of benzene rings is 1. The minimum Gasteiger partial charge on any atom is -0.333 e. The van der Waals surface area contributed by atoms with Gasteiger partial charge >= 0.3 is 0 Å². The number of aromatic nitrogens is 1. The summed E-state index contributed by atoms with van der Waals surface area (Å²) in [4.78, 5) is 24.7. The molecule has 26 heavy (non-hydrogen) atoms. The third kappa shape index (κ3) is 4.69. The Morgan fingerprint density at radius 3 is 2.54 bits per heavy atom. The Hall–Kier alpha value is -1.76. The summed E-state index contributed by atoms with van der Waals surface area (Å²) in [7, 11) is 5.97. The van der Waals surface area contributed by atoms with Gasteiger partial charge in [0.2, 0.25) is 0 Å². The van der Waals surface area contributed by atoms with Crippen LogP contribution in [0.1, 0.15) is 39.1 Å². The molecule has 0 radical (unpaired) electrons. The first kappa shape index (κ1) is 19.0. The maximum Gasteiger partial charge on any atom is 0.265 e. The van der Waals surface area contributed by atoms with E-state index in [-0.39, 0.29) is 11.9 Å². The largest absolute Gasteiger partial charge is 0.333 e. The fraction of sp³-hybridized carbons (Fsp3) is 0.500. The molecule has 1 aliphatic heterocycles. The number of nitrogens with zero attached hydrogens (tertiary/aromatic N) is 4. The number of likely N-dealkylation sites (N-methyl/N-ethyl adjacent to an activating group) is 2. The Bertz CT molecular complexity index is 710. The average molecular weight is 373 g/mol. The second-order valence-corrected chi connectivity index (χ2v) is 8.32. The van der Waals surface area contributed by atoms with E-state index in [4.69, 9.17) is 0 Å². The van der Waals surface area contributed by atoms with E-state index in [0.717, 1.165) is 41.6 Å². The number of carbonyl (C=O) groups is 1. The second kappa shape index (κ2) is 8.75. The Labute approximate surface area is 160 Å². The van der Waals surface area contributed by atoms with Gasteiger partial charge in [-0.3, -0.25) is 9.69 Å². The predicted molar refractivity (Wildman–Crippen MR) is 106 cm³/mol. The zero-order valence-electron chi connectivity index (χ0n) is 15.9. The molecule has 0 spiro atoms. The van der Waals surface area contributed by atoms with Gasteiger partial charge in [-0.25, -0.2) is 4.98 Å². The molecule has 2 heterocycles. The van der Waals surface area contributed by atoms with Crippen LogP contribution in [0.2, 0.25) is 0 Å². The van der Waals surface area contributed by atoms with Gasteiger partial charge in [0.05, 0.1) is 18.8 Å². The molecular formula is C20H28N4OS. The van der Waals surface area contributed by atoms with Crippen molar-refractivity contribution in [1.29, 1.82) is 0 Å². The molecule has 1 fully saturated rings. The van der Waals surface area contributed by atoms with E-state index < -0.39 is 0 Å². The lowest BCUT2D eigenvalue weighted by molar-refractivity contribution is 0.0710. The van der Waals surface area contributed by atoms with Crippen LogP contribution >= 0.6 is 11.3 Å². The van der Waals surface area contributed by atoms with Gasteiger partial charge in [-0.15, -0.1) is 11.3 Å². The van der Waals surface area contributed by atoms with Crippen LogP contribution in [0, 0.1) is 0 Å². The molecule has 0 bridgehead atoms. The molecule has 1 aromatic carbocycles. The maximum atomic E-state index is 13.1. The number of likely N-dealkylation sites (tertiary alicyclic amines) is 1. The molecule has 0 N–H and O–H groups in total. The van der Waals surface area contributed by atoms with Crippen molar-refractivity contribution in [2.75, 3.05) is 40.8 Å². The minimum atomic E-state index is 0.0165. The number of hydrogen-bond acceptors (Lipinski definition) is 5. The number of carbonyl (C=O) groups excluding carboxylic acids is 1. The summed E-state index contributed by atoms with van der Waals surface area (Å²) >= 11 is 1.53. The van der Waals surface area contributed by atoms with Crippen molar-refractivity contribution in [1.82, 2.24) is 19.7 Å². The summed E-state index contributed by atoms with van der Waals surface area (Å²) in [6.45, 7) is 3.93. The van der Waals surface area contributed by atoms with E-state index in [1.54, 1.807) is 6.20 Å². The monoisotopic (exact) mass is 372 g/mol. The van der Waals surface area contributed by atoms with Crippen molar-refractivity contribution in [3.05, 3.63) is 52.0 Å². The Morgan fingerprint density at radius 2 is 1.88 bits per heavy atom. The maximum absolute atomic E-state index is 13.1. The SMILES string of the molecule is CN(C)C[C@H](c1ccccc1)N(C)C(=O)c1cnc(CN2CCCC2)s1.